The van der Waals surface area contributed by atoms with Crippen LogP contribution in [0.5, 0.6) is 0 Å². The summed E-state index contributed by atoms with van der Waals surface area (Å²) in [6, 6.07) is 3.50. The molecular formula is C13H16ClN3O. The van der Waals surface area contributed by atoms with Gasteiger partial charge in [0.2, 0.25) is 0 Å². The molecule has 2 aromatic rings. The van der Waals surface area contributed by atoms with E-state index >= 15 is 0 Å². The summed E-state index contributed by atoms with van der Waals surface area (Å²) in [6.45, 7) is 5.23. The number of rotatable bonds is 4. The largest absolute Gasteiger partial charge is 0.618 e. The number of nitrogens with zero attached hydrogens (tertiary/aromatic N) is 3. The molecule has 0 amide bonds. The van der Waals surface area contributed by atoms with Crippen LogP contribution in [0.3, 0.4) is 0 Å². The van der Waals surface area contributed by atoms with Crippen molar-refractivity contribution in [1.82, 2.24) is 9.78 Å². The lowest BCUT2D eigenvalue weighted by molar-refractivity contribution is -0.602. The Morgan fingerprint density at radius 3 is 3.00 bits per heavy atom. The third kappa shape index (κ3) is 2.82. The van der Waals surface area contributed by atoms with Gasteiger partial charge in [0, 0.05) is 24.4 Å². The zero-order valence-electron chi connectivity index (χ0n) is 10.5. The van der Waals surface area contributed by atoms with Crippen LogP contribution < -0.4 is 4.73 Å². The summed E-state index contributed by atoms with van der Waals surface area (Å²) >= 11 is 5.98. The van der Waals surface area contributed by atoms with Crippen molar-refractivity contribution in [2.45, 2.75) is 26.8 Å². The quantitative estimate of drug-likeness (QED) is 0.485. The van der Waals surface area contributed by atoms with Crippen molar-refractivity contribution in [2.75, 3.05) is 0 Å². The van der Waals surface area contributed by atoms with Crippen LogP contribution >= 0.6 is 11.6 Å². The lowest BCUT2D eigenvalue weighted by Gasteiger charge is -2.04. The second-order valence-electron chi connectivity index (χ2n) is 4.71. The van der Waals surface area contributed by atoms with Gasteiger partial charge in [-0.1, -0.05) is 13.8 Å². The molecule has 0 aliphatic carbocycles. The monoisotopic (exact) mass is 265 g/mol. The molecule has 0 fully saturated rings. The Morgan fingerprint density at radius 1 is 1.50 bits per heavy atom. The van der Waals surface area contributed by atoms with Crippen LogP contribution in [0.15, 0.2) is 30.7 Å². The molecule has 0 aliphatic heterocycles. The average Bonchev–Trinajstić information content (AvgIpc) is 2.78. The van der Waals surface area contributed by atoms with E-state index in [-0.39, 0.29) is 5.15 Å². The Kier molecular flexibility index (Phi) is 3.87. The highest BCUT2D eigenvalue weighted by molar-refractivity contribution is 6.31. The molecule has 0 atom stereocenters. The molecule has 0 radical (unpaired) electrons. The van der Waals surface area contributed by atoms with Crippen molar-refractivity contribution >= 4 is 11.6 Å². The molecular weight excluding hydrogens is 250 g/mol. The first-order valence-electron chi connectivity index (χ1n) is 5.98. The maximum atomic E-state index is 11.4. The maximum absolute atomic E-state index is 11.4. The number of aryl methyl sites for hydroxylation is 1. The summed E-state index contributed by atoms with van der Waals surface area (Å²) in [5.41, 5.74) is 1.58. The summed E-state index contributed by atoms with van der Waals surface area (Å²) in [6.07, 6.45) is 6.12. The van der Waals surface area contributed by atoms with E-state index in [9.17, 15) is 5.21 Å². The summed E-state index contributed by atoms with van der Waals surface area (Å²) in [7, 11) is 0. The highest BCUT2D eigenvalue weighted by Crippen LogP contribution is 2.24. The van der Waals surface area contributed by atoms with Gasteiger partial charge in [-0.2, -0.15) is 9.83 Å². The molecule has 0 aromatic carbocycles. The standard InChI is InChI=1S/C13H16ClN3O/c1-10(2)5-7-16-9-11(8-15-16)12-4-3-6-17(18)13(12)14/h3-4,6,8-10H,5,7H2,1-2H3. The van der Waals surface area contributed by atoms with E-state index in [0.717, 1.165) is 18.5 Å². The summed E-state index contributed by atoms with van der Waals surface area (Å²) in [5.74, 6) is 0.641. The van der Waals surface area contributed by atoms with E-state index in [1.165, 1.54) is 6.20 Å². The first kappa shape index (κ1) is 12.9. The summed E-state index contributed by atoms with van der Waals surface area (Å²) in [5, 5.41) is 15.9. The first-order chi connectivity index (χ1) is 8.58. The smallest absolute Gasteiger partial charge is 0.294 e. The molecule has 0 N–H and O–H groups in total. The maximum Gasteiger partial charge on any atom is 0.294 e. The van der Waals surface area contributed by atoms with Crippen molar-refractivity contribution in [1.29, 1.82) is 0 Å². The van der Waals surface area contributed by atoms with E-state index in [1.807, 2.05) is 16.9 Å². The second-order valence-corrected chi connectivity index (χ2v) is 5.07. The number of aromatic nitrogens is 3. The minimum absolute atomic E-state index is 0.181. The third-order valence-electron chi connectivity index (χ3n) is 2.78. The molecule has 0 bridgehead atoms. The van der Waals surface area contributed by atoms with Crippen LogP contribution in [-0.4, -0.2) is 9.78 Å². The molecule has 0 spiro atoms. The second kappa shape index (κ2) is 5.40. The molecule has 2 heterocycles. The molecule has 2 rings (SSSR count). The molecule has 18 heavy (non-hydrogen) atoms. The number of halogens is 1. The van der Waals surface area contributed by atoms with Gasteiger partial charge in [0.1, 0.15) is 0 Å². The Balaban J connectivity index is 2.21. The van der Waals surface area contributed by atoms with Crippen LogP contribution in [0.4, 0.5) is 0 Å². The van der Waals surface area contributed by atoms with Crippen molar-refractivity contribution in [3.05, 3.63) is 41.1 Å². The molecule has 0 aliphatic rings. The van der Waals surface area contributed by atoms with Gasteiger partial charge >= 0.3 is 0 Å². The minimum atomic E-state index is 0.181. The van der Waals surface area contributed by atoms with Gasteiger partial charge in [0.25, 0.3) is 5.15 Å². The molecule has 0 unspecified atom stereocenters. The Hall–Kier alpha value is -1.55. The predicted octanol–water partition coefficient (Wildman–Crippen LogP) is 2.88. The fourth-order valence-corrected chi connectivity index (χ4v) is 1.93. The van der Waals surface area contributed by atoms with E-state index in [1.54, 1.807) is 12.3 Å². The Bertz CT molecular complexity index is 537. The number of hydrogen-bond donors (Lipinski definition) is 0. The normalized spacial score (nSPS) is 11.1. The van der Waals surface area contributed by atoms with Crippen molar-refractivity contribution in [2.24, 2.45) is 5.92 Å². The van der Waals surface area contributed by atoms with Crippen LogP contribution in [0, 0.1) is 11.1 Å². The molecule has 5 heteroatoms. The van der Waals surface area contributed by atoms with E-state index in [4.69, 9.17) is 11.6 Å². The van der Waals surface area contributed by atoms with Crippen molar-refractivity contribution in [3.8, 4) is 11.1 Å². The Labute approximate surface area is 111 Å². The van der Waals surface area contributed by atoms with E-state index in [0.29, 0.717) is 16.2 Å². The van der Waals surface area contributed by atoms with Gasteiger partial charge in [-0.25, -0.2) is 0 Å². The van der Waals surface area contributed by atoms with Gasteiger partial charge in [0.15, 0.2) is 6.20 Å². The SMILES string of the molecule is CC(C)CCn1cc(-c2ccc[n+]([O-])c2Cl)cn1. The molecule has 0 saturated heterocycles. The topological polar surface area (TPSA) is 44.8 Å². The summed E-state index contributed by atoms with van der Waals surface area (Å²) < 4.78 is 2.54. The lowest BCUT2D eigenvalue weighted by atomic mass is 10.1. The fourth-order valence-electron chi connectivity index (χ4n) is 1.70. The van der Waals surface area contributed by atoms with Crippen LogP contribution in [0.25, 0.3) is 11.1 Å². The first-order valence-corrected chi connectivity index (χ1v) is 6.36. The number of hydrogen-bond acceptors (Lipinski definition) is 2. The van der Waals surface area contributed by atoms with Gasteiger partial charge < -0.3 is 5.21 Å². The van der Waals surface area contributed by atoms with Crippen molar-refractivity contribution < 1.29 is 4.73 Å². The van der Waals surface area contributed by atoms with Gasteiger partial charge in [-0.15, -0.1) is 0 Å². The van der Waals surface area contributed by atoms with Gasteiger partial charge in [-0.3, -0.25) is 4.68 Å². The Morgan fingerprint density at radius 2 is 2.28 bits per heavy atom. The zero-order chi connectivity index (χ0) is 13.1. The van der Waals surface area contributed by atoms with E-state index in [2.05, 4.69) is 18.9 Å². The molecule has 4 nitrogen and oxygen atoms in total. The molecule has 2 aromatic heterocycles. The zero-order valence-corrected chi connectivity index (χ0v) is 11.3. The highest BCUT2D eigenvalue weighted by atomic mass is 35.5. The third-order valence-corrected chi connectivity index (χ3v) is 3.15. The molecule has 0 saturated carbocycles. The highest BCUT2D eigenvalue weighted by Gasteiger charge is 2.12. The van der Waals surface area contributed by atoms with Gasteiger partial charge in [0.05, 0.1) is 11.8 Å². The van der Waals surface area contributed by atoms with E-state index < -0.39 is 0 Å². The van der Waals surface area contributed by atoms with Crippen LogP contribution in [-0.2, 0) is 6.54 Å². The lowest BCUT2D eigenvalue weighted by Crippen LogP contribution is -2.26. The fraction of sp³-hybridized carbons (Fsp3) is 0.385. The van der Waals surface area contributed by atoms with Crippen LogP contribution in [0.2, 0.25) is 5.15 Å². The van der Waals surface area contributed by atoms with Crippen LogP contribution in [0.1, 0.15) is 20.3 Å². The van der Waals surface area contributed by atoms with Crippen molar-refractivity contribution in [3.63, 3.8) is 0 Å². The minimum Gasteiger partial charge on any atom is -0.618 e. The predicted molar refractivity (Wildman–Crippen MR) is 71.1 cm³/mol. The molecule has 96 valence electrons. The number of pyridine rings is 1. The van der Waals surface area contributed by atoms with Gasteiger partial charge in [-0.05, 0) is 30.0 Å². The average molecular weight is 266 g/mol. The summed E-state index contributed by atoms with van der Waals surface area (Å²) in [4.78, 5) is 0.